The van der Waals surface area contributed by atoms with Crippen LogP contribution in [0.1, 0.15) is 18.4 Å². The number of hydrogen-bond donors (Lipinski definition) is 1. The number of carbonyl (C=O) groups excluding carboxylic acids is 1. The van der Waals surface area contributed by atoms with Crippen LogP contribution in [0.4, 0.5) is 5.88 Å². The second-order valence-electron chi connectivity index (χ2n) is 7.53. The van der Waals surface area contributed by atoms with Gasteiger partial charge in [0.2, 0.25) is 11.8 Å². The Morgan fingerprint density at radius 3 is 2.15 bits per heavy atom. The average Bonchev–Trinajstić information content (AvgIpc) is 3.26. The normalized spacial score (nSPS) is 10.4. The number of benzene rings is 3. The van der Waals surface area contributed by atoms with Crippen LogP contribution in [0.25, 0.3) is 22.5 Å². The molecule has 6 nitrogen and oxygen atoms in total. The summed E-state index contributed by atoms with van der Waals surface area (Å²) in [6.45, 7) is 0.382. The number of nitriles is 1. The average molecular weight is 453 g/mol. The number of amides is 1. The predicted molar refractivity (Wildman–Crippen MR) is 131 cm³/mol. The van der Waals surface area contributed by atoms with Crippen molar-refractivity contribution in [3.63, 3.8) is 0 Å². The first-order chi connectivity index (χ1) is 16.7. The molecule has 1 aromatic heterocycles. The topological polar surface area (TPSA) is 84.5 Å². The van der Waals surface area contributed by atoms with Gasteiger partial charge in [-0.2, -0.15) is 5.26 Å². The molecule has 4 aromatic rings. The number of rotatable bonds is 9. The van der Waals surface area contributed by atoms with Crippen molar-refractivity contribution in [2.24, 2.45) is 0 Å². The van der Waals surface area contributed by atoms with E-state index in [9.17, 15) is 10.1 Å². The van der Waals surface area contributed by atoms with Gasteiger partial charge < -0.3 is 13.9 Å². The molecule has 0 unspecified atom stereocenters. The van der Waals surface area contributed by atoms with Gasteiger partial charge in [-0.25, -0.2) is 0 Å². The van der Waals surface area contributed by atoms with E-state index in [1.807, 2.05) is 84.9 Å². The zero-order valence-corrected chi connectivity index (χ0v) is 18.8. The van der Waals surface area contributed by atoms with Crippen molar-refractivity contribution in [3.05, 3.63) is 90.5 Å². The van der Waals surface area contributed by atoms with E-state index in [1.54, 1.807) is 7.11 Å². The molecule has 0 aliphatic heterocycles. The molecule has 34 heavy (non-hydrogen) atoms. The molecule has 0 atom stereocenters. The largest absolute Gasteiger partial charge is 0.497 e. The highest BCUT2D eigenvalue weighted by molar-refractivity contribution is 5.95. The molecule has 3 aromatic carbocycles. The number of anilines is 1. The molecule has 4 rings (SSSR count). The van der Waals surface area contributed by atoms with Crippen molar-refractivity contribution in [3.8, 4) is 40.0 Å². The van der Waals surface area contributed by atoms with Crippen LogP contribution in [0.15, 0.2) is 89.3 Å². The van der Waals surface area contributed by atoms with E-state index in [-0.39, 0.29) is 18.2 Å². The molecule has 0 saturated carbocycles. The van der Waals surface area contributed by atoms with E-state index >= 15 is 0 Å². The minimum atomic E-state index is -0.247. The maximum Gasteiger partial charge on any atom is 0.226 e. The Hall–Kier alpha value is -4.50. The molecule has 0 aliphatic rings. The van der Waals surface area contributed by atoms with Crippen molar-refractivity contribution in [2.75, 3.05) is 19.0 Å². The Morgan fingerprint density at radius 1 is 0.912 bits per heavy atom. The lowest BCUT2D eigenvalue weighted by atomic mass is 9.98. The molecule has 0 fully saturated rings. The summed E-state index contributed by atoms with van der Waals surface area (Å²) in [4.78, 5) is 12.6. The Labute approximate surface area is 198 Å². The SMILES string of the molecule is COc1ccc(OCCCC(=O)Nc2oc(-c3ccccc3)c(-c3ccccc3)c2C#N)cc1. The van der Waals surface area contributed by atoms with E-state index in [2.05, 4.69) is 11.4 Å². The molecule has 6 heteroatoms. The third-order valence-corrected chi connectivity index (χ3v) is 5.25. The molecule has 0 saturated heterocycles. The first-order valence-corrected chi connectivity index (χ1v) is 10.9. The maximum atomic E-state index is 12.6. The van der Waals surface area contributed by atoms with Gasteiger partial charge in [0, 0.05) is 17.5 Å². The molecule has 1 N–H and O–H groups in total. The molecule has 1 heterocycles. The van der Waals surface area contributed by atoms with Crippen molar-refractivity contribution >= 4 is 11.8 Å². The number of hydrogen-bond acceptors (Lipinski definition) is 5. The van der Waals surface area contributed by atoms with E-state index in [4.69, 9.17) is 13.9 Å². The van der Waals surface area contributed by atoms with Crippen LogP contribution >= 0.6 is 0 Å². The predicted octanol–water partition coefficient (Wildman–Crippen LogP) is 6.29. The molecule has 1 amide bonds. The monoisotopic (exact) mass is 452 g/mol. The standard InChI is InChI=1S/C28H24N2O4/c1-32-22-14-16-23(17-15-22)33-18-8-13-25(31)30-28-24(19-29)26(20-9-4-2-5-10-20)27(34-28)21-11-6-3-7-12-21/h2-7,9-12,14-17H,8,13,18H2,1H3,(H,30,31). The van der Waals surface area contributed by atoms with Gasteiger partial charge in [0.05, 0.1) is 13.7 Å². The van der Waals surface area contributed by atoms with Crippen LogP contribution < -0.4 is 14.8 Å². The second-order valence-corrected chi connectivity index (χ2v) is 7.53. The summed E-state index contributed by atoms with van der Waals surface area (Å²) < 4.78 is 16.9. The summed E-state index contributed by atoms with van der Waals surface area (Å²) in [6, 6.07) is 28.6. The lowest BCUT2D eigenvalue weighted by Crippen LogP contribution is -2.13. The van der Waals surface area contributed by atoms with Crippen LogP contribution in [0.2, 0.25) is 0 Å². The molecular weight excluding hydrogens is 428 g/mol. The first-order valence-electron chi connectivity index (χ1n) is 10.9. The van der Waals surface area contributed by atoms with Crippen molar-refractivity contribution in [2.45, 2.75) is 12.8 Å². The van der Waals surface area contributed by atoms with E-state index < -0.39 is 0 Å². The highest BCUT2D eigenvalue weighted by Crippen LogP contribution is 2.41. The zero-order chi connectivity index (χ0) is 23.8. The van der Waals surface area contributed by atoms with Crippen LogP contribution in [-0.4, -0.2) is 19.6 Å². The fourth-order valence-corrected chi connectivity index (χ4v) is 3.58. The van der Waals surface area contributed by atoms with Gasteiger partial charge in [-0.1, -0.05) is 60.7 Å². The van der Waals surface area contributed by atoms with Gasteiger partial charge in [0.15, 0.2) is 0 Å². The third kappa shape index (κ3) is 5.28. The van der Waals surface area contributed by atoms with E-state index in [0.29, 0.717) is 35.7 Å². The summed E-state index contributed by atoms with van der Waals surface area (Å²) in [5, 5.41) is 12.7. The van der Waals surface area contributed by atoms with E-state index in [0.717, 1.165) is 16.9 Å². The van der Waals surface area contributed by atoms with Crippen molar-refractivity contribution in [1.29, 1.82) is 5.26 Å². The lowest BCUT2D eigenvalue weighted by molar-refractivity contribution is -0.116. The first kappa shape index (κ1) is 22.7. The van der Waals surface area contributed by atoms with Crippen molar-refractivity contribution in [1.82, 2.24) is 0 Å². The fourth-order valence-electron chi connectivity index (χ4n) is 3.58. The van der Waals surface area contributed by atoms with Crippen LogP contribution in [0.5, 0.6) is 11.5 Å². The van der Waals surface area contributed by atoms with Crippen LogP contribution in [0, 0.1) is 11.3 Å². The summed E-state index contributed by atoms with van der Waals surface area (Å²) in [5.41, 5.74) is 2.63. The molecular formula is C28H24N2O4. The second kappa shape index (κ2) is 10.9. The summed E-state index contributed by atoms with van der Waals surface area (Å²) in [7, 11) is 1.61. The Bertz CT molecular complexity index is 1270. The van der Waals surface area contributed by atoms with E-state index in [1.165, 1.54) is 0 Å². The summed E-state index contributed by atoms with van der Waals surface area (Å²) >= 11 is 0. The van der Waals surface area contributed by atoms with Gasteiger partial charge in [-0.3, -0.25) is 10.1 Å². The van der Waals surface area contributed by atoms with Crippen molar-refractivity contribution < 1.29 is 18.7 Å². The number of furan rings is 1. The van der Waals surface area contributed by atoms with Crippen LogP contribution in [-0.2, 0) is 4.79 Å². The van der Waals surface area contributed by atoms with Gasteiger partial charge in [0.25, 0.3) is 0 Å². The van der Waals surface area contributed by atoms with Gasteiger partial charge in [-0.15, -0.1) is 0 Å². The minimum Gasteiger partial charge on any atom is -0.497 e. The number of nitrogens with one attached hydrogen (secondary N) is 1. The molecule has 0 bridgehead atoms. The number of methoxy groups -OCH3 is 1. The van der Waals surface area contributed by atoms with Gasteiger partial charge in [-0.05, 0) is 36.2 Å². The minimum absolute atomic E-state index is 0.154. The van der Waals surface area contributed by atoms with Gasteiger partial charge >= 0.3 is 0 Å². The quantitative estimate of drug-likeness (QED) is 0.302. The highest BCUT2D eigenvalue weighted by Gasteiger charge is 2.24. The molecule has 170 valence electrons. The third-order valence-electron chi connectivity index (χ3n) is 5.25. The lowest BCUT2D eigenvalue weighted by Gasteiger charge is -2.07. The Morgan fingerprint density at radius 2 is 1.53 bits per heavy atom. The van der Waals surface area contributed by atoms with Gasteiger partial charge in [0.1, 0.15) is 28.9 Å². The highest BCUT2D eigenvalue weighted by atomic mass is 16.5. The number of ether oxygens (including phenoxy) is 2. The zero-order valence-electron chi connectivity index (χ0n) is 18.8. The molecule has 0 aliphatic carbocycles. The Balaban J connectivity index is 1.47. The number of nitrogens with zero attached hydrogens (tertiary/aromatic N) is 1. The molecule has 0 spiro atoms. The fraction of sp³-hybridized carbons (Fsp3) is 0.143. The maximum absolute atomic E-state index is 12.6. The van der Waals surface area contributed by atoms with Crippen LogP contribution in [0.3, 0.4) is 0 Å². The molecule has 0 radical (unpaired) electrons. The summed E-state index contributed by atoms with van der Waals surface area (Å²) in [5.74, 6) is 1.91. The smallest absolute Gasteiger partial charge is 0.226 e. The Kier molecular flexibility index (Phi) is 7.26. The summed E-state index contributed by atoms with van der Waals surface area (Å²) in [6.07, 6.45) is 0.737. The number of carbonyl (C=O) groups is 1.